The van der Waals surface area contributed by atoms with Crippen LogP contribution in [0.4, 0.5) is 8.78 Å². The Morgan fingerprint density at radius 3 is 2.36 bits per heavy atom. The first-order chi connectivity index (χ1) is 6.59. The van der Waals surface area contributed by atoms with Crippen LogP contribution in [-0.4, -0.2) is 11.2 Å². The van der Waals surface area contributed by atoms with E-state index in [9.17, 15) is 13.9 Å². The highest BCUT2D eigenvalue weighted by Crippen LogP contribution is 2.33. The van der Waals surface area contributed by atoms with Crippen LogP contribution in [-0.2, 0) is 5.92 Å². The molecular weight excluding hydrogens is 186 g/mol. The Kier molecular flexibility index (Phi) is 3.58. The van der Waals surface area contributed by atoms with Crippen molar-refractivity contribution in [1.29, 1.82) is 0 Å². The Hall–Kier alpha value is -0.960. The highest BCUT2D eigenvalue weighted by molar-refractivity contribution is 5.21. The Bertz CT molecular complexity index is 272. The molecule has 1 N–H and O–H groups in total. The van der Waals surface area contributed by atoms with E-state index in [0.29, 0.717) is 6.42 Å². The molecule has 0 saturated heterocycles. The number of aliphatic hydroxyl groups excluding tert-OH is 1. The molecule has 0 aliphatic carbocycles. The molecule has 0 heterocycles. The van der Waals surface area contributed by atoms with Crippen LogP contribution < -0.4 is 0 Å². The van der Waals surface area contributed by atoms with E-state index in [4.69, 9.17) is 0 Å². The van der Waals surface area contributed by atoms with Crippen LogP contribution in [0.2, 0.25) is 0 Å². The third kappa shape index (κ3) is 2.29. The summed E-state index contributed by atoms with van der Waals surface area (Å²) in [5, 5.41) is 9.28. The molecule has 14 heavy (non-hydrogen) atoms. The second kappa shape index (κ2) is 4.51. The van der Waals surface area contributed by atoms with E-state index < -0.39 is 12.0 Å². The van der Waals surface area contributed by atoms with Gasteiger partial charge in [-0.25, -0.2) is 0 Å². The third-order valence-electron chi connectivity index (χ3n) is 2.14. The lowest BCUT2D eigenvalue weighted by molar-refractivity contribution is -0.117. The fourth-order valence-electron chi connectivity index (χ4n) is 1.31. The lowest BCUT2D eigenvalue weighted by Gasteiger charge is -2.22. The van der Waals surface area contributed by atoms with Crippen molar-refractivity contribution in [2.45, 2.75) is 31.8 Å². The molecule has 1 aromatic rings. The van der Waals surface area contributed by atoms with Gasteiger partial charge in [-0.1, -0.05) is 43.7 Å². The van der Waals surface area contributed by atoms with E-state index in [0.717, 1.165) is 0 Å². The van der Waals surface area contributed by atoms with E-state index in [-0.39, 0.29) is 12.0 Å². The lowest BCUT2D eigenvalue weighted by atomic mass is 10.0. The molecule has 3 heteroatoms. The Balaban J connectivity index is 2.84. The maximum atomic E-state index is 13.5. The number of benzene rings is 1. The number of rotatable bonds is 4. The van der Waals surface area contributed by atoms with Crippen LogP contribution in [0.15, 0.2) is 30.3 Å². The van der Waals surface area contributed by atoms with Gasteiger partial charge in [0.25, 0.3) is 5.92 Å². The average molecular weight is 200 g/mol. The minimum atomic E-state index is -3.14. The van der Waals surface area contributed by atoms with Gasteiger partial charge in [-0.05, 0) is 6.42 Å². The molecule has 0 amide bonds. The van der Waals surface area contributed by atoms with Crippen molar-refractivity contribution < 1.29 is 13.9 Å². The van der Waals surface area contributed by atoms with Crippen LogP contribution in [0.25, 0.3) is 0 Å². The van der Waals surface area contributed by atoms with Gasteiger partial charge in [0.1, 0.15) is 6.10 Å². The Labute approximate surface area is 82.4 Å². The van der Waals surface area contributed by atoms with Crippen molar-refractivity contribution in [3.63, 3.8) is 0 Å². The molecule has 0 unspecified atom stereocenters. The highest BCUT2D eigenvalue weighted by atomic mass is 19.3. The summed E-state index contributed by atoms with van der Waals surface area (Å²) in [6.07, 6.45) is -0.930. The standard InChI is InChI=1S/C11H14F2O/c1-2-6-10(14)11(12,13)9-7-4-3-5-8-9/h3-5,7-8,10,14H,2,6H2,1H3/t10-/m0/s1. The monoisotopic (exact) mass is 200 g/mol. The summed E-state index contributed by atoms with van der Waals surface area (Å²) >= 11 is 0. The van der Waals surface area contributed by atoms with E-state index in [1.165, 1.54) is 12.1 Å². The summed E-state index contributed by atoms with van der Waals surface area (Å²) in [5.41, 5.74) is -0.124. The summed E-state index contributed by atoms with van der Waals surface area (Å²) in [6, 6.07) is 7.42. The minimum Gasteiger partial charge on any atom is -0.386 e. The van der Waals surface area contributed by atoms with Crippen LogP contribution in [0.5, 0.6) is 0 Å². The van der Waals surface area contributed by atoms with Gasteiger partial charge >= 0.3 is 0 Å². The third-order valence-corrected chi connectivity index (χ3v) is 2.14. The summed E-state index contributed by atoms with van der Waals surface area (Å²) in [5.74, 6) is -3.14. The van der Waals surface area contributed by atoms with Gasteiger partial charge in [0.15, 0.2) is 0 Å². The fourth-order valence-corrected chi connectivity index (χ4v) is 1.31. The Morgan fingerprint density at radius 1 is 1.29 bits per heavy atom. The van der Waals surface area contributed by atoms with Gasteiger partial charge in [0.2, 0.25) is 0 Å². The number of hydrogen-bond acceptors (Lipinski definition) is 1. The molecule has 0 aliphatic heterocycles. The summed E-state index contributed by atoms with van der Waals surface area (Å²) in [7, 11) is 0. The van der Waals surface area contributed by atoms with Gasteiger partial charge in [0, 0.05) is 5.56 Å². The average Bonchev–Trinajstić information content (AvgIpc) is 2.19. The molecular formula is C11H14F2O. The Morgan fingerprint density at radius 2 is 1.86 bits per heavy atom. The predicted octanol–water partition coefficient (Wildman–Crippen LogP) is 2.94. The van der Waals surface area contributed by atoms with E-state index in [2.05, 4.69) is 0 Å². The van der Waals surface area contributed by atoms with Crippen molar-refractivity contribution in [2.75, 3.05) is 0 Å². The van der Waals surface area contributed by atoms with E-state index in [1.54, 1.807) is 25.1 Å². The van der Waals surface area contributed by atoms with Gasteiger partial charge in [-0.15, -0.1) is 0 Å². The molecule has 1 rings (SSSR count). The fraction of sp³-hybridized carbons (Fsp3) is 0.455. The van der Waals surface area contributed by atoms with Crippen LogP contribution in [0.1, 0.15) is 25.3 Å². The maximum Gasteiger partial charge on any atom is 0.298 e. The van der Waals surface area contributed by atoms with Gasteiger partial charge in [0.05, 0.1) is 0 Å². The quantitative estimate of drug-likeness (QED) is 0.792. The van der Waals surface area contributed by atoms with Crippen LogP contribution in [0.3, 0.4) is 0 Å². The molecule has 1 atom stereocenters. The molecule has 0 bridgehead atoms. The van der Waals surface area contributed by atoms with Crippen molar-refractivity contribution in [2.24, 2.45) is 0 Å². The van der Waals surface area contributed by atoms with E-state index in [1.807, 2.05) is 0 Å². The molecule has 78 valence electrons. The summed E-state index contributed by atoms with van der Waals surface area (Å²) in [4.78, 5) is 0. The van der Waals surface area contributed by atoms with Crippen molar-refractivity contribution in [3.8, 4) is 0 Å². The van der Waals surface area contributed by atoms with Gasteiger partial charge < -0.3 is 5.11 Å². The molecule has 0 saturated carbocycles. The van der Waals surface area contributed by atoms with E-state index >= 15 is 0 Å². The number of alkyl halides is 2. The largest absolute Gasteiger partial charge is 0.386 e. The lowest BCUT2D eigenvalue weighted by Crippen LogP contribution is -2.30. The minimum absolute atomic E-state index is 0.113. The molecule has 0 spiro atoms. The zero-order valence-corrected chi connectivity index (χ0v) is 8.08. The first kappa shape index (κ1) is 11.1. The van der Waals surface area contributed by atoms with Crippen LogP contribution >= 0.6 is 0 Å². The first-order valence-electron chi connectivity index (χ1n) is 4.70. The summed E-state index contributed by atoms with van der Waals surface area (Å²) < 4.78 is 27.0. The zero-order chi connectivity index (χ0) is 10.6. The topological polar surface area (TPSA) is 20.2 Å². The maximum absolute atomic E-state index is 13.5. The first-order valence-corrected chi connectivity index (χ1v) is 4.70. The number of hydrogen-bond donors (Lipinski definition) is 1. The zero-order valence-electron chi connectivity index (χ0n) is 8.08. The number of halogens is 2. The molecule has 0 aromatic heterocycles. The highest BCUT2D eigenvalue weighted by Gasteiger charge is 2.39. The van der Waals surface area contributed by atoms with Crippen molar-refractivity contribution in [3.05, 3.63) is 35.9 Å². The molecule has 0 radical (unpaired) electrons. The van der Waals surface area contributed by atoms with Gasteiger partial charge in [-0.2, -0.15) is 8.78 Å². The second-order valence-corrected chi connectivity index (χ2v) is 3.29. The van der Waals surface area contributed by atoms with Gasteiger partial charge in [-0.3, -0.25) is 0 Å². The molecule has 1 aromatic carbocycles. The molecule has 1 nitrogen and oxygen atoms in total. The smallest absolute Gasteiger partial charge is 0.298 e. The number of aliphatic hydroxyl groups is 1. The second-order valence-electron chi connectivity index (χ2n) is 3.29. The van der Waals surface area contributed by atoms with Crippen molar-refractivity contribution in [1.82, 2.24) is 0 Å². The molecule has 0 fully saturated rings. The molecule has 0 aliphatic rings. The predicted molar refractivity (Wildman–Crippen MR) is 51.3 cm³/mol. The van der Waals surface area contributed by atoms with Crippen molar-refractivity contribution >= 4 is 0 Å². The normalized spacial score (nSPS) is 14.0. The summed E-state index contributed by atoms with van der Waals surface area (Å²) in [6.45, 7) is 1.77. The SMILES string of the molecule is CCC[C@H](O)C(F)(F)c1ccccc1. The van der Waals surface area contributed by atoms with Crippen LogP contribution in [0, 0.1) is 0 Å².